The number of benzene rings is 1. The van der Waals surface area contributed by atoms with Gasteiger partial charge in [0.2, 0.25) is 5.91 Å². The van der Waals surface area contributed by atoms with Gasteiger partial charge in [-0.05, 0) is 37.1 Å². The fourth-order valence-electron chi connectivity index (χ4n) is 1.77. The molecule has 0 aliphatic heterocycles. The molecule has 6 heteroatoms. The van der Waals surface area contributed by atoms with E-state index in [1.165, 1.54) is 6.92 Å². The number of hydrogen-bond donors (Lipinski definition) is 1. The van der Waals surface area contributed by atoms with E-state index in [1.54, 1.807) is 24.3 Å². The summed E-state index contributed by atoms with van der Waals surface area (Å²) in [5.41, 5.74) is 0.465. The quantitative estimate of drug-likeness (QED) is 0.430. The molecule has 22 heavy (non-hydrogen) atoms. The fraction of sp³-hybridized carbons (Fsp3) is 0.438. The van der Waals surface area contributed by atoms with Crippen molar-refractivity contribution < 1.29 is 19.1 Å². The van der Waals surface area contributed by atoms with Gasteiger partial charge in [0.05, 0.1) is 0 Å². The molecule has 1 amide bonds. The van der Waals surface area contributed by atoms with Gasteiger partial charge in [0.25, 0.3) is 0 Å². The molecule has 1 aromatic carbocycles. The van der Waals surface area contributed by atoms with Crippen LogP contribution in [0, 0.1) is 0 Å². The lowest BCUT2D eigenvalue weighted by molar-refractivity contribution is -0.142. The van der Waals surface area contributed by atoms with E-state index in [0.717, 1.165) is 12.8 Å². The van der Waals surface area contributed by atoms with E-state index in [1.807, 2.05) is 0 Å². The number of ether oxygens (including phenoxy) is 1. The Morgan fingerprint density at radius 2 is 1.77 bits per heavy atom. The molecular formula is C16H20ClNO4. The fourth-order valence-corrected chi connectivity index (χ4v) is 1.90. The predicted molar refractivity (Wildman–Crippen MR) is 83.9 cm³/mol. The first-order valence-electron chi connectivity index (χ1n) is 7.18. The van der Waals surface area contributed by atoms with Crippen LogP contribution in [0.2, 0.25) is 5.02 Å². The number of carbonyl (C=O) groups excluding carboxylic acids is 3. The lowest BCUT2D eigenvalue weighted by Crippen LogP contribution is -2.20. The van der Waals surface area contributed by atoms with Crippen molar-refractivity contribution in [2.24, 2.45) is 0 Å². The highest BCUT2D eigenvalue weighted by Crippen LogP contribution is 2.10. The van der Waals surface area contributed by atoms with Crippen molar-refractivity contribution in [1.82, 2.24) is 5.32 Å². The Labute approximate surface area is 135 Å². The minimum atomic E-state index is -0.387. The molecule has 0 fully saturated rings. The number of hydrogen-bond acceptors (Lipinski definition) is 4. The smallest absolute Gasteiger partial charge is 0.306 e. The number of amides is 1. The highest BCUT2D eigenvalue weighted by Gasteiger charge is 2.09. The van der Waals surface area contributed by atoms with Crippen LogP contribution >= 0.6 is 11.6 Å². The van der Waals surface area contributed by atoms with Gasteiger partial charge in [-0.2, -0.15) is 0 Å². The van der Waals surface area contributed by atoms with Crippen molar-refractivity contribution >= 4 is 29.3 Å². The molecule has 0 unspecified atom stereocenters. The van der Waals surface area contributed by atoms with Gasteiger partial charge < -0.3 is 10.1 Å². The largest absolute Gasteiger partial charge is 0.457 e. The Hall–Kier alpha value is -1.88. The summed E-state index contributed by atoms with van der Waals surface area (Å²) in [4.78, 5) is 33.9. The minimum Gasteiger partial charge on any atom is -0.457 e. The van der Waals surface area contributed by atoms with Gasteiger partial charge in [0.1, 0.15) is 0 Å². The Morgan fingerprint density at radius 3 is 2.41 bits per heavy atom. The second-order valence-electron chi connectivity index (χ2n) is 4.88. The van der Waals surface area contributed by atoms with Crippen LogP contribution in [0.1, 0.15) is 43.0 Å². The second kappa shape index (κ2) is 9.95. The molecule has 0 aromatic heterocycles. The number of esters is 1. The number of carbonyl (C=O) groups is 3. The van der Waals surface area contributed by atoms with Crippen molar-refractivity contribution in [1.29, 1.82) is 0 Å². The van der Waals surface area contributed by atoms with Crippen molar-refractivity contribution in [2.45, 2.75) is 32.6 Å². The molecule has 0 heterocycles. The first-order valence-corrected chi connectivity index (χ1v) is 7.55. The van der Waals surface area contributed by atoms with E-state index in [-0.39, 0.29) is 30.7 Å². The zero-order valence-corrected chi connectivity index (χ0v) is 13.3. The molecule has 0 saturated carbocycles. The Morgan fingerprint density at radius 1 is 1.09 bits per heavy atom. The van der Waals surface area contributed by atoms with Crippen LogP contribution in [0.3, 0.4) is 0 Å². The topological polar surface area (TPSA) is 72.5 Å². The minimum absolute atomic E-state index is 0.0554. The van der Waals surface area contributed by atoms with Gasteiger partial charge in [0, 0.05) is 30.5 Å². The molecule has 0 aliphatic rings. The van der Waals surface area contributed by atoms with Gasteiger partial charge in [-0.1, -0.05) is 18.0 Å². The summed E-state index contributed by atoms with van der Waals surface area (Å²) >= 11 is 5.73. The Kier molecular flexibility index (Phi) is 8.22. The second-order valence-corrected chi connectivity index (χ2v) is 5.32. The zero-order chi connectivity index (χ0) is 16.4. The standard InChI is InChI=1S/C16H20ClNO4/c1-12(19)18-10-4-2-3-5-16(21)22-11-15(20)13-6-8-14(17)9-7-13/h6-9H,2-5,10-11H2,1H3,(H,18,19). The molecule has 0 aliphatic carbocycles. The van der Waals surface area contributed by atoms with E-state index in [2.05, 4.69) is 5.32 Å². The van der Waals surface area contributed by atoms with E-state index in [9.17, 15) is 14.4 Å². The molecule has 1 N–H and O–H groups in total. The number of Topliss-reactive ketones (excluding diaryl/α,β-unsaturated/α-hetero) is 1. The third kappa shape index (κ3) is 7.78. The van der Waals surface area contributed by atoms with Crippen molar-refractivity contribution in [3.05, 3.63) is 34.9 Å². The molecule has 0 radical (unpaired) electrons. The third-order valence-corrected chi connectivity index (χ3v) is 3.21. The van der Waals surface area contributed by atoms with E-state index in [0.29, 0.717) is 23.6 Å². The summed E-state index contributed by atoms with van der Waals surface area (Å²) in [6.07, 6.45) is 2.58. The van der Waals surface area contributed by atoms with Crippen LogP contribution < -0.4 is 5.32 Å². The van der Waals surface area contributed by atoms with E-state index < -0.39 is 0 Å². The SMILES string of the molecule is CC(=O)NCCCCCC(=O)OCC(=O)c1ccc(Cl)cc1. The monoisotopic (exact) mass is 325 g/mol. The summed E-state index contributed by atoms with van der Waals surface area (Å²) < 4.78 is 4.94. The number of ketones is 1. The lowest BCUT2D eigenvalue weighted by Gasteiger charge is -2.05. The maximum absolute atomic E-state index is 11.8. The first-order chi connectivity index (χ1) is 10.5. The highest BCUT2D eigenvalue weighted by atomic mass is 35.5. The average Bonchev–Trinajstić information content (AvgIpc) is 2.48. The van der Waals surface area contributed by atoms with Crippen molar-refractivity contribution in [2.75, 3.05) is 13.2 Å². The summed E-state index contributed by atoms with van der Waals surface area (Å²) in [6, 6.07) is 6.43. The maximum Gasteiger partial charge on any atom is 0.306 e. The Bertz CT molecular complexity index is 513. The summed E-state index contributed by atoms with van der Waals surface area (Å²) in [5.74, 6) is -0.697. The number of halogens is 1. The number of unbranched alkanes of at least 4 members (excludes halogenated alkanes) is 2. The van der Waals surface area contributed by atoms with Gasteiger partial charge in [-0.25, -0.2) is 0 Å². The van der Waals surface area contributed by atoms with Crippen LogP contribution in [0.5, 0.6) is 0 Å². The van der Waals surface area contributed by atoms with Gasteiger partial charge in [-0.3, -0.25) is 14.4 Å². The van der Waals surface area contributed by atoms with Crippen LogP contribution in [-0.4, -0.2) is 30.8 Å². The number of nitrogens with one attached hydrogen (secondary N) is 1. The van der Waals surface area contributed by atoms with Crippen LogP contribution in [0.25, 0.3) is 0 Å². The predicted octanol–water partition coefficient (Wildman–Crippen LogP) is 2.76. The summed E-state index contributed by atoms with van der Waals surface area (Å²) in [7, 11) is 0. The first kappa shape index (κ1) is 18.2. The number of rotatable bonds is 9. The summed E-state index contributed by atoms with van der Waals surface area (Å²) in [6.45, 7) is 1.82. The molecule has 0 spiro atoms. The molecule has 5 nitrogen and oxygen atoms in total. The molecule has 1 aromatic rings. The third-order valence-electron chi connectivity index (χ3n) is 2.96. The van der Waals surface area contributed by atoms with Crippen molar-refractivity contribution in [3.8, 4) is 0 Å². The zero-order valence-electron chi connectivity index (χ0n) is 12.6. The maximum atomic E-state index is 11.8. The normalized spacial score (nSPS) is 10.1. The lowest BCUT2D eigenvalue weighted by atomic mass is 10.1. The van der Waals surface area contributed by atoms with Crippen LogP contribution in [-0.2, 0) is 14.3 Å². The van der Waals surface area contributed by atoms with Crippen LogP contribution in [0.15, 0.2) is 24.3 Å². The van der Waals surface area contributed by atoms with Gasteiger partial charge in [-0.15, -0.1) is 0 Å². The average molecular weight is 326 g/mol. The van der Waals surface area contributed by atoms with Gasteiger partial charge >= 0.3 is 5.97 Å². The van der Waals surface area contributed by atoms with E-state index in [4.69, 9.17) is 16.3 Å². The molecular weight excluding hydrogens is 306 g/mol. The summed E-state index contributed by atoms with van der Waals surface area (Å²) in [5, 5.41) is 3.24. The highest BCUT2D eigenvalue weighted by molar-refractivity contribution is 6.30. The van der Waals surface area contributed by atoms with E-state index >= 15 is 0 Å². The molecule has 120 valence electrons. The molecule has 0 bridgehead atoms. The van der Waals surface area contributed by atoms with Crippen molar-refractivity contribution in [3.63, 3.8) is 0 Å². The molecule has 1 rings (SSSR count). The van der Waals surface area contributed by atoms with Crippen LogP contribution in [0.4, 0.5) is 0 Å². The Balaban J connectivity index is 2.13. The van der Waals surface area contributed by atoms with Gasteiger partial charge in [0.15, 0.2) is 12.4 Å². The molecule has 0 atom stereocenters. The molecule has 0 saturated heterocycles.